The second-order valence-corrected chi connectivity index (χ2v) is 5.63. The number of ether oxygens (including phenoxy) is 1. The number of hydrogen-bond acceptors (Lipinski definition) is 5. The third-order valence-electron chi connectivity index (χ3n) is 2.98. The van der Waals surface area contributed by atoms with Crippen molar-refractivity contribution < 1.29 is 34.1 Å². The van der Waals surface area contributed by atoms with Crippen molar-refractivity contribution in [3.05, 3.63) is 49.6 Å². The topological polar surface area (TPSA) is 118 Å². The minimum Gasteiger partial charge on any atom is -0.478 e. The van der Waals surface area contributed by atoms with Crippen molar-refractivity contribution in [3.63, 3.8) is 0 Å². The quantitative estimate of drug-likeness (QED) is 0.155. The smallest absolute Gasteiger partial charge is 0.338 e. The molecule has 0 fully saturated rings. The van der Waals surface area contributed by atoms with E-state index < -0.39 is 23.9 Å². The number of unbranched alkanes of at least 4 members (excludes halogenated alkanes) is 6. The van der Waals surface area contributed by atoms with E-state index in [1.165, 1.54) is 44.9 Å². The van der Waals surface area contributed by atoms with E-state index in [9.17, 15) is 19.2 Å². The van der Waals surface area contributed by atoms with E-state index in [1.54, 1.807) is 0 Å². The first-order chi connectivity index (χ1) is 13.7. The minimum absolute atomic E-state index is 0.483. The highest BCUT2D eigenvalue weighted by molar-refractivity contribution is 6.00. The van der Waals surface area contributed by atoms with E-state index >= 15 is 0 Å². The van der Waals surface area contributed by atoms with Crippen LogP contribution in [-0.4, -0.2) is 34.1 Å². The Labute approximate surface area is 173 Å². The van der Waals surface area contributed by atoms with Gasteiger partial charge in [0.1, 0.15) is 0 Å². The fourth-order valence-corrected chi connectivity index (χ4v) is 1.51. The third kappa shape index (κ3) is 36.7. The average Bonchev–Trinajstić information content (AvgIpc) is 2.68. The van der Waals surface area contributed by atoms with Crippen LogP contribution in [0.3, 0.4) is 0 Å². The first-order valence-electron chi connectivity index (χ1n) is 9.54. The minimum atomic E-state index is -1.37. The number of carboxylic acid groups (broad SMARTS) is 2. The summed E-state index contributed by atoms with van der Waals surface area (Å²) in [5.74, 6) is -5.14. The number of hydrogen-bond donors (Lipinski definition) is 2. The van der Waals surface area contributed by atoms with E-state index in [0.29, 0.717) is 24.3 Å². The van der Waals surface area contributed by atoms with Gasteiger partial charge in [-0.15, -0.1) is 13.2 Å². The molecule has 7 heteroatoms. The van der Waals surface area contributed by atoms with Gasteiger partial charge in [0.15, 0.2) is 0 Å². The molecule has 0 spiro atoms. The monoisotopic (exact) mass is 410 g/mol. The van der Waals surface area contributed by atoms with Gasteiger partial charge in [-0.05, 0) is 19.3 Å². The maximum Gasteiger partial charge on any atom is 0.338 e. The summed E-state index contributed by atoms with van der Waals surface area (Å²) in [5.41, 5.74) is 0. The van der Waals surface area contributed by atoms with E-state index in [0.717, 1.165) is 6.42 Å². The zero-order chi connectivity index (χ0) is 22.9. The molecule has 0 aliphatic heterocycles. The first kappa shape index (κ1) is 30.8. The second kappa shape index (κ2) is 25.0. The lowest BCUT2D eigenvalue weighted by Gasteiger charge is -1.96. The van der Waals surface area contributed by atoms with Crippen LogP contribution in [0.15, 0.2) is 49.6 Å². The Balaban J connectivity index is -0.000000414. The van der Waals surface area contributed by atoms with Crippen molar-refractivity contribution in [3.8, 4) is 0 Å². The average molecular weight is 411 g/mol. The maximum absolute atomic E-state index is 10.6. The van der Waals surface area contributed by atoms with Gasteiger partial charge in [0.25, 0.3) is 0 Å². The fourth-order valence-electron chi connectivity index (χ4n) is 1.51. The van der Waals surface area contributed by atoms with Gasteiger partial charge in [-0.3, -0.25) is 0 Å². The molecule has 0 saturated carbocycles. The lowest BCUT2D eigenvalue weighted by atomic mass is 10.1. The van der Waals surface area contributed by atoms with Crippen LogP contribution in [-0.2, 0) is 23.9 Å². The van der Waals surface area contributed by atoms with Crippen molar-refractivity contribution in [2.24, 2.45) is 0 Å². The van der Waals surface area contributed by atoms with Crippen LogP contribution in [0.4, 0.5) is 0 Å². The Morgan fingerprint density at radius 2 is 1.14 bits per heavy atom. The largest absolute Gasteiger partial charge is 0.478 e. The molecule has 0 bridgehead atoms. The Kier molecular flexibility index (Phi) is 26.6. The summed E-state index contributed by atoms with van der Waals surface area (Å²) in [6.07, 6.45) is 16.5. The van der Waals surface area contributed by atoms with Crippen LogP contribution in [0, 0.1) is 0 Å². The van der Waals surface area contributed by atoms with Gasteiger partial charge in [-0.2, -0.15) is 0 Å². The molecule has 29 heavy (non-hydrogen) atoms. The van der Waals surface area contributed by atoms with Gasteiger partial charge < -0.3 is 14.9 Å². The zero-order valence-electron chi connectivity index (χ0n) is 17.5. The van der Waals surface area contributed by atoms with Gasteiger partial charge in [0, 0.05) is 24.3 Å². The molecule has 0 aromatic heterocycles. The van der Waals surface area contributed by atoms with Crippen LogP contribution in [0.25, 0.3) is 0 Å². The van der Waals surface area contributed by atoms with Crippen molar-refractivity contribution in [1.82, 2.24) is 0 Å². The molecule has 0 heterocycles. The van der Waals surface area contributed by atoms with Gasteiger partial charge in [0.2, 0.25) is 0 Å². The summed E-state index contributed by atoms with van der Waals surface area (Å²) in [5, 5.41) is 16.2. The number of allylic oxidation sites excluding steroid dienone is 2. The molecule has 2 N–H and O–H groups in total. The molecule has 0 aliphatic carbocycles. The lowest BCUT2D eigenvalue weighted by molar-refractivity contribution is -0.153. The SMILES string of the molecule is C=CCC.C=CCCCCCCCC.O=C(O)/C=C\C(=O)OC(=O)/C=C\C(=O)O. The highest BCUT2D eigenvalue weighted by Crippen LogP contribution is 2.06. The molecule has 0 saturated heterocycles. The van der Waals surface area contributed by atoms with Gasteiger partial charge >= 0.3 is 23.9 Å². The predicted molar refractivity (Wildman–Crippen MR) is 113 cm³/mol. The Morgan fingerprint density at radius 1 is 0.724 bits per heavy atom. The van der Waals surface area contributed by atoms with E-state index in [1.807, 2.05) is 12.2 Å². The molecule has 0 radical (unpaired) electrons. The van der Waals surface area contributed by atoms with E-state index in [-0.39, 0.29) is 0 Å². The van der Waals surface area contributed by atoms with Crippen LogP contribution >= 0.6 is 0 Å². The van der Waals surface area contributed by atoms with Crippen LogP contribution < -0.4 is 0 Å². The van der Waals surface area contributed by atoms with Crippen LogP contribution in [0.2, 0.25) is 0 Å². The van der Waals surface area contributed by atoms with E-state index in [4.69, 9.17) is 10.2 Å². The summed E-state index contributed by atoms with van der Waals surface area (Å²) in [6.45, 7) is 11.5. The Morgan fingerprint density at radius 3 is 1.48 bits per heavy atom. The zero-order valence-corrected chi connectivity index (χ0v) is 17.5. The summed E-state index contributed by atoms with van der Waals surface area (Å²) >= 11 is 0. The number of esters is 2. The van der Waals surface area contributed by atoms with Crippen molar-refractivity contribution in [2.45, 2.75) is 65.2 Å². The standard InChI is InChI=1S/C10H20.C8H6O7.C4H8/c1-3-5-7-9-10-8-6-4-2;9-5(10)1-3-7(13)15-8(14)4-2-6(11)12;1-3-4-2/h3H,1,4-10H2,2H3;1-4H,(H,9,10)(H,11,12);3H,1,4H2,2H3/b;3-1-,4-2-;. The number of carbonyl (C=O) groups excluding carboxylic acids is 2. The summed E-state index contributed by atoms with van der Waals surface area (Å²) in [7, 11) is 0. The highest BCUT2D eigenvalue weighted by Gasteiger charge is 2.04. The second-order valence-electron chi connectivity index (χ2n) is 5.63. The van der Waals surface area contributed by atoms with Crippen LogP contribution in [0.5, 0.6) is 0 Å². The Bertz CT molecular complexity index is 511. The molecule has 0 unspecified atom stereocenters. The summed E-state index contributed by atoms with van der Waals surface area (Å²) in [6, 6.07) is 0. The van der Waals surface area contributed by atoms with Gasteiger partial charge in [-0.25, -0.2) is 19.2 Å². The molecule has 7 nitrogen and oxygen atoms in total. The number of carbonyl (C=O) groups is 4. The van der Waals surface area contributed by atoms with Crippen molar-refractivity contribution in [2.75, 3.05) is 0 Å². The summed E-state index contributed by atoms with van der Waals surface area (Å²) < 4.78 is 3.97. The molecule has 0 atom stereocenters. The molecule has 0 aromatic rings. The predicted octanol–water partition coefficient (Wildman–Crippen LogP) is 4.84. The van der Waals surface area contributed by atoms with Gasteiger partial charge in [0.05, 0.1) is 0 Å². The molecule has 0 amide bonds. The number of rotatable bonds is 12. The summed E-state index contributed by atoms with van der Waals surface area (Å²) in [4.78, 5) is 41.1. The van der Waals surface area contributed by atoms with Gasteiger partial charge in [-0.1, -0.05) is 58.1 Å². The van der Waals surface area contributed by atoms with E-state index in [2.05, 4.69) is 31.7 Å². The lowest BCUT2D eigenvalue weighted by Crippen LogP contribution is -2.08. The molecule has 164 valence electrons. The Hall–Kier alpha value is -2.96. The molecule has 0 rings (SSSR count). The number of aliphatic carboxylic acids is 2. The third-order valence-corrected chi connectivity index (χ3v) is 2.98. The molecule has 0 aromatic carbocycles. The maximum atomic E-state index is 10.6. The fraction of sp³-hybridized carbons (Fsp3) is 0.455. The molecular formula is C22H34O7. The first-order valence-corrected chi connectivity index (χ1v) is 9.54. The van der Waals surface area contributed by atoms with Crippen molar-refractivity contribution >= 4 is 23.9 Å². The van der Waals surface area contributed by atoms with Crippen molar-refractivity contribution in [1.29, 1.82) is 0 Å². The van der Waals surface area contributed by atoms with Crippen LogP contribution in [0.1, 0.15) is 65.2 Å². The number of carboxylic acids is 2. The molecule has 0 aliphatic rings. The highest BCUT2D eigenvalue weighted by atomic mass is 16.6. The molecular weight excluding hydrogens is 376 g/mol. The normalized spacial score (nSPS) is 9.59.